The average molecular weight is 220 g/mol. The van der Waals surface area contributed by atoms with E-state index in [1.165, 1.54) is 11.3 Å². The molecule has 0 saturated heterocycles. The van der Waals surface area contributed by atoms with Crippen LogP contribution in [0, 0.1) is 5.92 Å². The normalized spacial score (nSPS) is 18.8. The van der Waals surface area contributed by atoms with E-state index in [4.69, 9.17) is 4.74 Å². The summed E-state index contributed by atoms with van der Waals surface area (Å²) in [5.74, 6) is 1.63. The topological polar surface area (TPSA) is 33.3 Å². The van der Waals surface area contributed by atoms with Crippen LogP contribution in [0.1, 0.15) is 12.5 Å². The minimum absolute atomic E-state index is 0.680. The molecule has 1 aliphatic rings. The van der Waals surface area contributed by atoms with Crippen molar-refractivity contribution in [1.29, 1.82) is 0 Å². The zero-order chi connectivity index (χ0) is 11.4. The number of methoxy groups -OCH3 is 1. The second-order valence-corrected chi connectivity index (χ2v) is 4.28. The third-order valence-electron chi connectivity index (χ3n) is 3.09. The van der Waals surface area contributed by atoms with Crippen LogP contribution < -0.4 is 15.4 Å². The lowest BCUT2D eigenvalue weighted by atomic mass is 9.94. The van der Waals surface area contributed by atoms with Gasteiger partial charge in [0.25, 0.3) is 0 Å². The smallest absolute Gasteiger partial charge is 0.119 e. The van der Waals surface area contributed by atoms with Crippen LogP contribution >= 0.6 is 0 Å². The Morgan fingerprint density at radius 2 is 2.38 bits per heavy atom. The van der Waals surface area contributed by atoms with Crippen molar-refractivity contribution in [2.24, 2.45) is 5.92 Å². The van der Waals surface area contributed by atoms with Crippen LogP contribution in [-0.4, -0.2) is 26.7 Å². The number of fused-ring (bicyclic) bond motifs is 1. The van der Waals surface area contributed by atoms with Crippen LogP contribution in [0.2, 0.25) is 0 Å². The first-order valence-corrected chi connectivity index (χ1v) is 5.95. The molecule has 0 aromatic heterocycles. The Kier molecular flexibility index (Phi) is 3.67. The maximum atomic E-state index is 5.25. The van der Waals surface area contributed by atoms with Crippen molar-refractivity contribution < 1.29 is 4.74 Å². The zero-order valence-corrected chi connectivity index (χ0v) is 10.0. The van der Waals surface area contributed by atoms with Gasteiger partial charge in [0.05, 0.1) is 7.11 Å². The van der Waals surface area contributed by atoms with Gasteiger partial charge >= 0.3 is 0 Å². The lowest BCUT2D eigenvalue weighted by Crippen LogP contribution is -2.32. The molecule has 1 aromatic carbocycles. The molecule has 3 nitrogen and oxygen atoms in total. The van der Waals surface area contributed by atoms with Crippen LogP contribution in [-0.2, 0) is 6.42 Å². The Morgan fingerprint density at radius 3 is 3.12 bits per heavy atom. The largest absolute Gasteiger partial charge is 0.497 e. The summed E-state index contributed by atoms with van der Waals surface area (Å²) in [5.41, 5.74) is 2.63. The number of benzene rings is 1. The first-order chi connectivity index (χ1) is 7.83. The highest BCUT2D eigenvalue weighted by Crippen LogP contribution is 2.28. The Labute approximate surface area is 97.2 Å². The summed E-state index contributed by atoms with van der Waals surface area (Å²) >= 11 is 0. The van der Waals surface area contributed by atoms with Crippen molar-refractivity contribution in [2.45, 2.75) is 13.3 Å². The summed E-state index contributed by atoms with van der Waals surface area (Å²) in [4.78, 5) is 0. The van der Waals surface area contributed by atoms with Crippen molar-refractivity contribution in [3.63, 3.8) is 0 Å². The molecule has 0 spiro atoms. The molecule has 2 rings (SSSR count). The highest BCUT2D eigenvalue weighted by Gasteiger charge is 2.17. The molecule has 1 unspecified atom stereocenters. The van der Waals surface area contributed by atoms with Gasteiger partial charge in [0.15, 0.2) is 0 Å². The molecule has 3 heteroatoms. The summed E-state index contributed by atoms with van der Waals surface area (Å²) in [5, 5.41) is 6.88. The van der Waals surface area contributed by atoms with Gasteiger partial charge < -0.3 is 15.4 Å². The quantitative estimate of drug-likeness (QED) is 0.813. The fraction of sp³-hybridized carbons (Fsp3) is 0.538. The number of ether oxygens (including phenoxy) is 1. The van der Waals surface area contributed by atoms with E-state index >= 15 is 0 Å². The Balaban J connectivity index is 2.06. The van der Waals surface area contributed by atoms with E-state index in [0.29, 0.717) is 5.92 Å². The first-order valence-electron chi connectivity index (χ1n) is 5.95. The van der Waals surface area contributed by atoms with Gasteiger partial charge in [-0.05, 0) is 49.2 Å². The molecule has 1 aliphatic heterocycles. The fourth-order valence-electron chi connectivity index (χ4n) is 2.17. The summed E-state index contributed by atoms with van der Waals surface area (Å²) in [6.45, 7) is 5.33. The SMILES string of the molecule is CCNCC1CNc2ccc(OC)cc2C1. The molecule has 1 atom stereocenters. The van der Waals surface area contributed by atoms with E-state index < -0.39 is 0 Å². The van der Waals surface area contributed by atoms with E-state index in [2.05, 4.69) is 29.7 Å². The minimum Gasteiger partial charge on any atom is -0.497 e. The van der Waals surface area contributed by atoms with Gasteiger partial charge in [0.1, 0.15) is 5.75 Å². The van der Waals surface area contributed by atoms with Crippen molar-refractivity contribution in [3.8, 4) is 5.75 Å². The fourth-order valence-corrected chi connectivity index (χ4v) is 2.17. The molecule has 1 heterocycles. The Hall–Kier alpha value is -1.22. The lowest BCUT2D eigenvalue weighted by Gasteiger charge is -2.26. The predicted molar refractivity (Wildman–Crippen MR) is 67.2 cm³/mol. The van der Waals surface area contributed by atoms with Gasteiger partial charge in [0.2, 0.25) is 0 Å². The number of rotatable bonds is 4. The van der Waals surface area contributed by atoms with E-state index in [9.17, 15) is 0 Å². The number of hydrogen-bond acceptors (Lipinski definition) is 3. The molecular formula is C13H20N2O. The zero-order valence-electron chi connectivity index (χ0n) is 10.0. The third-order valence-corrected chi connectivity index (χ3v) is 3.09. The standard InChI is InChI=1S/C13H20N2O/c1-3-14-8-10-6-11-7-12(16-2)4-5-13(11)15-9-10/h4-5,7,10,14-15H,3,6,8-9H2,1-2H3. The van der Waals surface area contributed by atoms with Crippen molar-refractivity contribution in [2.75, 3.05) is 32.1 Å². The molecule has 88 valence electrons. The molecule has 1 aromatic rings. The maximum absolute atomic E-state index is 5.25. The van der Waals surface area contributed by atoms with E-state index in [1.807, 2.05) is 6.07 Å². The van der Waals surface area contributed by atoms with Gasteiger partial charge in [-0.2, -0.15) is 0 Å². The second kappa shape index (κ2) is 5.21. The molecule has 0 amide bonds. The van der Waals surface area contributed by atoms with Gasteiger partial charge in [0, 0.05) is 12.2 Å². The second-order valence-electron chi connectivity index (χ2n) is 4.28. The summed E-state index contributed by atoms with van der Waals surface area (Å²) < 4.78 is 5.25. The van der Waals surface area contributed by atoms with Crippen molar-refractivity contribution in [1.82, 2.24) is 5.32 Å². The molecule has 0 fully saturated rings. The molecule has 16 heavy (non-hydrogen) atoms. The van der Waals surface area contributed by atoms with Gasteiger partial charge in [-0.3, -0.25) is 0 Å². The molecule has 0 bridgehead atoms. The summed E-state index contributed by atoms with van der Waals surface area (Å²) in [6.07, 6.45) is 1.13. The van der Waals surface area contributed by atoms with Gasteiger partial charge in [-0.1, -0.05) is 6.92 Å². The monoisotopic (exact) mass is 220 g/mol. The third kappa shape index (κ3) is 2.47. The lowest BCUT2D eigenvalue weighted by molar-refractivity contribution is 0.413. The molecule has 0 aliphatic carbocycles. The van der Waals surface area contributed by atoms with E-state index in [1.54, 1.807) is 7.11 Å². The molecule has 0 radical (unpaired) electrons. The van der Waals surface area contributed by atoms with Crippen molar-refractivity contribution in [3.05, 3.63) is 23.8 Å². The van der Waals surface area contributed by atoms with Crippen LogP contribution in [0.4, 0.5) is 5.69 Å². The van der Waals surface area contributed by atoms with E-state index in [0.717, 1.165) is 31.8 Å². The maximum Gasteiger partial charge on any atom is 0.119 e. The number of nitrogens with one attached hydrogen (secondary N) is 2. The first kappa shape index (κ1) is 11.3. The summed E-state index contributed by atoms with van der Waals surface area (Å²) in [6, 6.07) is 6.26. The van der Waals surface area contributed by atoms with Crippen LogP contribution in [0.3, 0.4) is 0 Å². The highest BCUT2D eigenvalue weighted by atomic mass is 16.5. The van der Waals surface area contributed by atoms with Crippen LogP contribution in [0.25, 0.3) is 0 Å². The molecule has 2 N–H and O–H groups in total. The van der Waals surface area contributed by atoms with Crippen LogP contribution in [0.5, 0.6) is 5.75 Å². The summed E-state index contributed by atoms with van der Waals surface area (Å²) in [7, 11) is 1.72. The van der Waals surface area contributed by atoms with Crippen LogP contribution in [0.15, 0.2) is 18.2 Å². The Bertz CT molecular complexity index is 352. The van der Waals surface area contributed by atoms with E-state index in [-0.39, 0.29) is 0 Å². The minimum atomic E-state index is 0.680. The molecule has 0 saturated carbocycles. The number of hydrogen-bond donors (Lipinski definition) is 2. The molecular weight excluding hydrogens is 200 g/mol. The van der Waals surface area contributed by atoms with Crippen molar-refractivity contribution >= 4 is 5.69 Å². The average Bonchev–Trinajstić information content (AvgIpc) is 2.35. The number of anilines is 1. The van der Waals surface area contributed by atoms with Gasteiger partial charge in [-0.25, -0.2) is 0 Å². The van der Waals surface area contributed by atoms with Gasteiger partial charge in [-0.15, -0.1) is 0 Å². The predicted octanol–water partition coefficient (Wildman–Crippen LogP) is 1.89. The highest BCUT2D eigenvalue weighted by molar-refractivity contribution is 5.56. The Morgan fingerprint density at radius 1 is 1.50 bits per heavy atom.